The van der Waals surface area contributed by atoms with Crippen LogP contribution in [0.3, 0.4) is 0 Å². The Balaban J connectivity index is 3.13. The molecule has 0 spiro atoms. The van der Waals surface area contributed by atoms with Gasteiger partial charge in [-0.15, -0.1) is 0 Å². The summed E-state index contributed by atoms with van der Waals surface area (Å²) < 4.78 is 0. The maximum absolute atomic E-state index is 10.7. The molecule has 3 heteroatoms. The zero-order valence-corrected chi connectivity index (χ0v) is 7.74. The molecule has 0 saturated heterocycles. The van der Waals surface area contributed by atoms with Gasteiger partial charge in [-0.25, -0.2) is 4.79 Å². The van der Waals surface area contributed by atoms with Gasteiger partial charge in [-0.1, -0.05) is 12.1 Å². The van der Waals surface area contributed by atoms with Gasteiger partial charge in [-0.05, 0) is 31.0 Å². The van der Waals surface area contributed by atoms with Crippen molar-refractivity contribution in [2.45, 2.75) is 19.9 Å². The SMILES string of the molecule is Cc1cc([C@H](C)N)ccc1C(=O)O. The molecule has 0 amide bonds. The number of benzene rings is 1. The number of carboxylic acids is 1. The van der Waals surface area contributed by atoms with Gasteiger partial charge in [0.1, 0.15) is 0 Å². The lowest BCUT2D eigenvalue weighted by atomic mass is 10.0. The Morgan fingerprint density at radius 2 is 2.15 bits per heavy atom. The second-order valence-electron chi connectivity index (χ2n) is 3.17. The number of nitrogens with two attached hydrogens (primary N) is 1. The van der Waals surface area contributed by atoms with Gasteiger partial charge in [0.2, 0.25) is 0 Å². The summed E-state index contributed by atoms with van der Waals surface area (Å²) >= 11 is 0. The standard InChI is InChI=1S/C10H13NO2/c1-6-5-8(7(2)11)3-4-9(6)10(12)13/h3-5,7H,11H2,1-2H3,(H,12,13)/t7-/m0/s1. The number of carboxylic acid groups (broad SMARTS) is 1. The van der Waals surface area contributed by atoms with Crippen molar-refractivity contribution in [3.63, 3.8) is 0 Å². The predicted molar refractivity (Wildman–Crippen MR) is 50.7 cm³/mol. The van der Waals surface area contributed by atoms with Crippen LogP contribution in [0.5, 0.6) is 0 Å². The van der Waals surface area contributed by atoms with Crippen molar-refractivity contribution in [3.8, 4) is 0 Å². The van der Waals surface area contributed by atoms with Gasteiger partial charge >= 0.3 is 5.97 Å². The van der Waals surface area contributed by atoms with E-state index in [1.165, 1.54) is 0 Å². The van der Waals surface area contributed by atoms with Crippen LogP contribution in [0.2, 0.25) is 0 Å². The highest BCUT2D eigenvalue weighted by atomic mass is 16.4. The van der Waals surface area contributed by atoms with Crippen LogP contribution in [0, 0.1) is 6.92 Å². The summed E-state index contributed by atoms with van der Waals surface area (Å²) in [5.41, 5.74) is 7.71. The molecule has 1 aromatic rings. The van der Waals surface area contributed by atoms with E-state index in [9.17, 15) is 4.79 Å². The summed E-state index contributed by atoms with van der Waals surface area (Å²) in [5.74, 6) is -0.895. The first-order chi connectivity index (χ1) is 6.02. The van der Waals surface area contributed by atoms with E-state index in [-0.39, 0.29) is 6.04 Å². The maximum atomic E-state index is 10.7. The lowest BCUT2D eigenvalue weighted by Crippen LogP contribution is -2.07. The summed E-state index contributed by atoms with van der Waals surface area (Å²) in [6.45, 7) is 3.64. The van der Waals surface area contributed by atoms with Crippen molar-refractivity contribution in [1.82, 2.24) is 0 Å². The zero-order chi connectivity index (χ0) is 10.0. The molecule has 0 heterocycles. The molecule has 1 aromatic carbocycles. The van der Waals surface area contributed by atoms with Gasteiger partial charge in [0.25, 0.3) is 0 Å². The molecule has 70 valence electrons. The van der Waals surface area contributed by atoms with Crippen molar-refractivity contribution in [1.29, 1.82) is 0 Å². The Labute approximate surface area is 77.2 Å². The van der Waals surface area contributed by atoms with Gasteiger partial charge in [0, 0.05) is 6.04 Å². The summed E-state index contributed by atoms with van der Waals surface area (Å²) in [6, 6.07) is 5.10. The minimum absolute atomic E-state index is 0.0541. The summed E-state index contributed by atoms with van der Waals surface area (Å²) in [7, 11) is 0. The Kier molecular flexibility index (Phi) is 2.68. The molecule has 3 nitrogen and oxygen atoms in total. The van der Waals surface area contributed by atoms with E-state index >= 15 is 0 Å². The number of aryl methyl sites for hydroxylation is 1. The quantitative estimate of drug-likeness (QED) is 0.726. The topological polar surface area (TPSA) is 63.3 Å². The third-order valence-electron chi connectivity index (χ3n) is 2.01. The number of carbonyl (C=O) groups is 1. The molecule has 0 unspecified atom stereocenters. The maximum Gasteiger partial charge on any atom is 0.335 e. The molecule has 0 radical (unpaired) electrons. The first kappa shape index (κ1) is 9.74. The third kappa shape index (κ3) is 2.06. The molecule has 1 atom stereocenters. The Hall–Kier alpha value is -1.35. The zero-order valence-electron chi connectivity index (χ0n) is 7.74. The second kappa shape index (κ2) is 3.58. The van der Waals surface area contributed by atoms with Crippen LogP contribution in [-0.2, 0) is 0 Å². The van der Waals surface area contributed by atoms with E-state index in [4.69, 9.17) is 10.8 Å². The number of hydrogen-bond donors (Lipinski definition) is 2. The van der Waals surface area contributed by atoms with Crippen LogP contribution in [-0.4, -0.2) is 11.1 Å². The lowest BCUT2D eigenvalue weighted by molar-refractivity contribution is 0.0696. The molecular formula is C10H13NO2. The summed E-state index contributed by atoms with van der Waals surface area (Å²) in [5, 5.41) is 8.76. The smallest absolute Gasteiger partial charge is 0.335 e. The minimum Gasteiger partial charge on any atom is -0.478 e. The first-order valence-electron chi connectivity index (χ1n) is 4.12. The average Bonchev–Trinajstić information content (AvgIpc) is 2.03. The highest BCUT2D eigenvalue weighted by Crippen LogP contribution is 2.15. The van der Waals surface area contributed by atoms with Gasteiger partial charge in [0.05, 0.1) is 5.56 Å². The highest BCUT2D eigenvalue weighted by Gasteiger charge is 2.08. The van der Waals surface area contributed by atoms with Crippen LogP contribution in [0.15, 0.2) is 18.2 Å². The molecule has 0 aliphatic carbocycles. The van der Waals surface area contributed by atoms with Crippen LogP contribution in [0.25, 0.3) is 0 Å². The average molecular weight is 179 g/mol. The highest BCUT2D eigenvalue weighted by molar-refractivity contribution is 5.89. The fraction of sp³-hybridized carbons (Fsp3) is 0.300. The molecule has 0 aromatic heterocycles. The molecule has 0 aliphatic rings. The van der Waals surface area contributed by atoms with E-state index in [0.717, 1.165) is 11.1 Å². The molecule has 1 rings (SSSR count). The van der Waals surface area contributed by atoms with Crippen LogP contribution < -0.4 is 5.73 Å². The molecule has 0 fully saturated rings. The van der Waals surface area contributed by atoms with E-state index in [1.807, 2.05) is 13.0 Å². The van der Waals surface area contributed by atoms with E-state index < -0.39 is 5.97 Å². The van der Waals surface area contributed by atoms with Crippen LogP contribution >= 0.6 is 0 Å². The van der Waals surface area contributed by atoms with Crippen LogP contribution in [0.1, 0.15) is 34.5 Å². The third-order valence-corrected chi connectivity index (χ3v) is 2.01. The fourth-order valence-corrected chi connectivity index (χ4v) is 1.21. The van der Waals surface area contributed by atoms with Crippen LogP contribution in [0.4, 0.5) is 0 Å². The van der Waals surface area contributed by atoms with Crippen molar-refractivity contribution < 1.29 is 9.90 Å². The summed E-state index contributed by atoms with van der Waals surface area (Å²) in [6.07, 6.45) is 0. The van der Waals surface area contributed by atoms with Gasteiger partial charge < -0.3 is 10.8 Å². The van der Waals surface area contributed by atoms with E-state index in [1.54, 1.807) is 19.1 Å². The molecular weight excluding hydrogens is 166 g/mol. The lowest BCUT2D eigenvalue weighted by Gasteiger charge is -2.07. The van der Waals surface area contributed by atoms with Crippen molar-refractivity contribution >= 4 is 5.97 Å². The van der Waals surface area contributed by atoms with Gasteiger partial charge in [0.15, 0.2) is 0 Å². The predicted octanol–water partition coefficient (Wildman–Crippen LogP) is 1.71. The largest absolute Gasteiger partial charge is 0.478 e. The Bertz CT molecular complexity index is 332. The first-order valence-corrected chi connectivity index (χ1v) is 4.12. The second-order valence-corrected chi connectivity index (χ2v) is 3.17. The number of hydrogen-bond acceptors (Lipinski definition) is 2. The van der Waals surface area contributed by atoms with E-state index in [2.05, 4.69) is 0 Å². The molecule has 0 aliphatic heterocycles. The van der Waals surface area contributed by atoms with Crippen molar-refractivity contribution in [2.75, 3.05) is 0 Å². The van der Waals surface area contributed by atoms with Gasteiger partial charge in [-0.2, -0.15) is 0 Å². The molecule has 3 N–H and O–H groups in total. The molecule has 13 heavy (non-hydrogen) atoms. The van der Waals surface area contributed by atoms with E-state index in [0.29, 0.717) is 5.56 Å². The Morgan fingerprint density at radius 3 is 2.54 bits per heavy atom. The Morgan fingerprint density at radius 1 is 1.54 bits per heavy atom. The molecule has 0 saturated carbocycles. The fourth-order valence-electron chi connectivity index (χ4n) is 1.21. The number of rotatable bonds is 2. The monoisotopic (exact) mass is 179 g/mol. The summed E-state index contributed by atoms with van der Waals surface area (Å²) in [4.78, 5) is 10.7. The number of aromatic carboxylic acids is 1. The van der Waals surface area contributed by atoms with Crippen molar-refractivity contribution in [3.05, 3.63) is 34.9 Å². The minimum atomic E-state index is -0.895. The van der Waals surface area contributed by atoms with Gasteiger partial charge in [-0.3, -0.25) is 0 Å². The van der Waals surface area contributed by atoms with Crippen molar-refractivity contribution in [2.24, 2.45) is 5.73 Å². The molecule has 0 bridgehead atoms. The normalized spacial score (nSPS) is 12.5.